The highest BCUT2D eigenvalue weighted by atomic mass is 32.1. The number of piperidine rings is 1. The average Bonchev–Trinajstić information content (AvgIpc) is 3.50. The molecule has 4 amide bonds. The third-order valence-corrected chi connectivity index (χ3v) is 8.52. The largest absolute Gasteiger partial charge is 0.342 e. The highest BCUT2D eigenvalue weighted by Gasteiger charge is 2.58. The van der Waals surface area contributed by atoms with Gasteiger partial charge >= 0.3 is 6.03 Å². The van der Waals surface area contributed by atoms with E-state index < -0.39 is 5.54 Å². The van der Waals surface area contributed by atoms with Gasteiger partial charge in [0, 0.05) is 43.0 Å². The van der Waals surface area contributed by atoms with E-state index in [0.717, 1.165) is 17.7 Å². The Morgan fingerprint density at radius 1 is 1.14 bits per heavy atom. The van der Waals surface area contributed by atoms with Crippen molar-refractivity contribution < 1.29 is 14.4 Å². The number of carbonyl (C=O) groups is 3. The third kappa shape index (κ3) is 4.76. The van der Waals surface area contributed by atoms with Crippen LogP contribution in [-0.2, 0) is 21.5 Å². The van der Waals surface area contributed by atoms with E-state index in [1.807, 2.05) is 40.6 Å². The first kappa shape index (κ1) is 23.7. The van der Waals surface area contributed by atoms with Gasteiger partial charge in [-0.3, -0.25) is 19.5 Å². The van der Waals surface area contributed by atoms with Crippen LogP contribution in [-0.4, -0.2) is 52.3 Å². The van der Waals surface area contributed by atoms with Crippen molar-refractivity contribution in [2.75, 3.05) is 19.6 Å². The predicted octanol–water partition coefficient (Wildman–Crippen LogP) is 4.26. The first-order valence-corrected chi connectivity index (χ1v) is 13.5. The molecule has 2 fully saturated rings. The molecule has 5 rings (SSSR count). The molecule has 0 spiro atoms. The number of pyridine rings is 1. The lowest BCUT2D eigenvalue weighted by Crippen LogP contribution is -2.54. The Labute approximate surface area is 210 Å². The fourth-order valence-corrected chi connectivity index (χ4v) is 6.36. The fourth-order valence-electron chi connectivity index (χ4n) is 5.66. The van der Waals surface area contributed by atoms with Crippen LogP contribution in [0.4, 0.5) is 4.79 Å². The number of aromatic nitrogens is 1. The molecule has 184 valence electrons. The van der Waals surface area contributed by atoms with E-state index in [9.17, 15) is 14.4 Å². The van der Waals surface area contributed by atoms with Crippen molar-refractivity contribution in [1.29, 1.82) is 0 Å². The van der Waals surface area contributed by atoms with Crippen LogP contribution in [0.5, 0.6) is 0 Å². The maximum absolute atomic E-state index is 13.9. The lowest BCUT2D eigenvalue weighted by molar-refractivity contribution is -0.136. The van der Waals surface area contributed by atoms with Crippen LogP contribution in [0, 0.1) is 5.92 Å². The standard InChI is InChI=1S/C27H32N4O3S/c32-24(19-20-7-2-1-3-8-20)30-15-11-21(12-16-30)27(23-10-4-5-14-28-23)25(33)31(26(34)29-27)17-13-22-9-6-18-35-22/h4-7,9-10,14,18,21H,1-3,8,11-13,15-17,19H2,(H,29,34). The topological polar surface area (TPSA) is 82.6 Å². The SMILES string of the molecule is O=C(CC1=CCCCC1)N1CCC(C2(c3ccccn3)NC(=O)N(CCc3cccs3)C2=O)CC1. The quantitative estimate of drug-likeness (QED) is 0.462. The van der Waals surface area contributed by atoms with Crippen LogP contribution >= 0.6 is 11.3 Å². The highest BCUT2D eigenvalue weighted by molar-refractivity contribution is 7.09. The normalized spacial score (nSPS) is 23.4. The maximum atomic E-state index is 13.9. The number of urea groups is 1. The van der Waals surface area contributed by atoms with E-state index >= 15 is 0 Å². The summed E-state index contributed by atoms with van der Waals surface area (Å²) in [4.78, 5) is 48.8. The minimum absolute atomic E-state index is 0.126. The molecule has 35 heavy (non-hydrogen) atoms. The predicted molar refractivity (Wildman–Crippen MR) is 135 cm³/mol. The lowest BCUT2D eigenvalue weighted by atomic mass is 9.75. The van der Waals surface area contributed by atoms with Crippen molar-refractivity contribution in [3.63, 3.8) is 0 Å². The number of imide groups is 1. The molecule has 3 aliphatic rings. The van der Waals surface area contributed by atoms with E-state index in [1.165, 1.54) is 23.3 Å². The summed E-state index contributed by atoms with van der Waals surface area (Å²) in [5.41, 5.74) is 0.650. The zero-order valence-electron chi connectivity index (χ0n) is 19.9. The van der Waals surface area contributed by atoms with E-state index in [0.29, 0.717) is 51.0 Å². The Morgan fingerprint density at radius 3 is 2.69 bits per heavy atom. The average molecular weight is 493 g/mol. The van der Waals surface area contributed by atoms with Gasteiger partial charge in [-0.2, -0.15) is 0 Å². The molecule has 2 aromatic rings. The first-order valence-electron chi connectivity index (χ1n) is 12.6. The lowest BCUT2D eigenvalue weighted by Gasteiger charge is -2.40. The molecule has 0 radical (unpaired) electrons. The molecule has 8 heteroatoms. The van der Waals surface area contributed by atoms with Gasteiger partial charge in [0.1, 0.15) is 0 Å². The summed E-state index contributed by atoms with van der Waals surface area (Å²) in [6, 6.07) is 9.13. The fraction of sp³-hybridized carbons (Fsp3) is 0.481. The number of thiophene rings is 1. The molecule has 0 bridgehead atoms. The molecule has 1 unspecified atom stereocenters. The van der Waals surface area contributed by atoms with E-state index in [4.69, 9.17) is 0 Å². The van der Waals surface area contributed by atoms with Gasteiger partial charge in [0.05, 0.1) is 5.69 Å². The van der Waals surface area contributed by atoms with Gasteiger partial charge in [-0.1, -0.05) is 23.8 Å². The van der Waals surface area contributed by atoms with E-state index in [2.05, 4.69) is 16.4 Å². The van der Waals surface area contributed by atoms with Gasteiger partial charge in [0.2, 0.25) is 5.91 Å². The van der Waals surface area contributed by atoms with E-state index in [1.54, 1.807) is 17.5 Å². The zero-order chi connectivity index (χ0) is 24.3. The Morgan fingerprint density at radius 2 is 2.00 bits per heavy atom. The number of hydrogen-bond acceptors (Lipinski definition) is 5. The summed E-state index contributed by atoms with van der Waals surface area (Å²) in [5, 5.41) is 5.06. The number of rotatable bonds is 7. The molecule has 7 nitrogen and oxygen atoms in total. The monoisotopic (exact) mass is 492 g/mol. The maximum Gasteiger partial charge on any atom is 0.325 e. The van der Waals surface area contributed by atoms with Crippen LogP contribution in [0.2, 0.25) is 0 Å². The molecule has 4 heterocycles. The molecule has 1 aliphatic carbocycles. The van der Waals surface area contributed by atoms with Crippen molar-refractivity contribution in [2.24, 2.45) is 5.92 Å². The molecule has 2 aliphatic heterocycles. The molecule has 1 atom stereocenters. The number of nitrogens with zero attached hydrogens (tertiary/aromatic N) is 3. The van der Waals surface area contributed by atoms with Gasteiger partial charge in [-0.15, -0.1) is 11.3 Å². The van der Waals surface area contributed by atoms with Crippen molar-refractivity contribution in [3.05, 3.63) is 64.1 Å². The Balaban J connectivity index is 1.32. The summed E-state index contributed by atoms with van der Waals surface area (Å²) in [6.07, 6.45) is 10.8. The Hall–Kier alpha value is -3.00. The summed E-state index contributed by atoms with van der Waals surface area (Å²) in [6.45, 7) is 1.51. The van der Waals surface area contributed by atoms with Crippen LogP contribution in [0.15, 0.2) is 53.6 Å². The molecule has 0 saturated carbocycles. The molecule has 2 saturated heterocycles. The second-order valence-corrected chi connectivity index (χ2v) is 10.7. The highest BCUT2D eigenvalue weighted by Crippen LogP contribution is 2.41. The first-order chi connectivity index (χ1) is 17.1. The smallest absolute Gasteiger partial charge is 0.325 e. The number of hydrogen-bond donors (Lipinski definition) is 1. The summed E-state index contributed by atoms with van der Waals surface area (Å²) < 4.78 is 0. The molecular formula is C27H32N4O3S. The minimum Gasteiger partial charge on any atom is -0.342 e. The van der Waals surface area contributed by atoms with Gasteiger partial charge in [0.25, 0.3) is 5.91 Å². The third-order valence-electron chi connectivity index (χ3n) is 7.59. The molecule has 0 aromatic carbocycles. The van der Waals surface area contributed by atoms with Gasteiger partial charge in [-0.25, -0.2) is 4.79 Å². The molecule has 1 N–H and O–H groups in total. The minimum atomic E-state index is -1.19. The zero-order valence-corrected chi connectivity index (χ0v) is 20.8. The summed E-state index contributed by atoms with van der Waals surface area (Å²) >= 11 is 1.62. The van der Waals surface area contributed by atoms with Crippen LogP contribution in [0.1, 0.15) is 55.5 Å². The second kappa shape index (κ2) is 10.3. The summed E-state index contributed by atoms with van der Waals surface area (Å²) in [7, 11) is 0. The molecule has 2 aromatic heterocycles. The van der Waals surface area contributed by atoms with Crippen molar-refractivity contribution >= 4 is 29.2 Å². The number of nitrogens with one attached hydrogen (secondary N) is 1. The van der Waals surface area contributed by atoms with Crippen molar-refractivity contribution in [2.45, 2.75) is 56.9 Å². The van der Waals surface area contributed by atoms with Gasteiger partial charge < -0.3 is 10.2 Å². The van der Waals surface area contributed by atoms with Crippen LogP contribution in [0.25, 0.3) is 0 Å². The van der Waals surface area contributed by atoms with Crippen LogP contribution < -0.4 is 5.32 Å². The van der Waals surface area contributed by atoms with Crippen LogP contribution in [0.3, 0.4) is 0 Å². The number of likely N-dealkylation sites (tertiary alicyclic amines) is 1. The molecular weight excluding hydrogens is 460 g/mol. The summed E-state index contributed by atoms with van der Waals surface area (Å²) in [5.74, 6) is -0.184. The number of amides is 4. The van der Waals surface area contributed by atoms with E-state index in [-0.39, 0.29) is 23.8 Å². The van der Waals surface area contributed by atoms with Crippen molar-refractivity contribution in [3.8, 4) is 0 Å². The van der Waals surface area contributed by atoms with Crippen molar-refractivity contribution in [1.82, 2.24) is 20.1 Å². The number of allylic oxidation sites excluding steroid dienone is 1. The van der Waals surface area contributed by atoms with Gasteiger partial charge in [0.15, 0.2) is 5.54 Å². The number of carbonyl (C=O) groups excluding carboxylic acids is 3. The Kier molecular flexibility index (Phi) is 7.00. The Bertz CT molecular complexity index is 1090. The van der Waals surface area contributed by atoms with Gasteiger partial charge in [-0.05, 0) is 68.5 Å². The second-order valence-electron chi connectivity index (χ2n) is 9.68.